The minimum absolute atomic E-state index is 0.0912. The minimum atomic E-state index is -0.572. The molecule has 0 radical (unpaired) electrons. The van der Waals surface area contributed by atoms with E-state index in [0.717, 1.165) is 5.56 Å². The van der Waals surface area contributed by atoms with Crippen molar-refractivity contribution < 1.29 is 28.6 Å². The monoisotopic (exact) mass is 409 g/mol. The molecule has 0 aromatic heterocycles. The molecule has 2 atom stereocenters. The Balaban J connectivity index is 1.33. The van der Waals surface area contributed by atoms with Crippen LogP contribution in [-0.4, -0.2) is 48.9 Å². The number of rotatable bonds is 6. The molecule has 156 valence electrons. The summed E-state index contributed by atoms with van der Waals surface area (Å²) in [6.45, 7) is 2.74. The largest absolute Gasteiger partial charge is 0.486 e. The number of likely N-dealkylation sites (tertiary alicyclic amines) is 1. The number of ketones is 1. The molecule has 0 aliphatic carbocycles. The van der Waals surface area contributed by atoms with E-state index in [9.17, 15) is 14.4 Å². The highest BCUT2D eigenvalue weighted by atomic mass is 16.6. The minimum Gasteiger partial charge on any atom is -0.486 e. The first-order chi connectivity index (χ1) is 14.5. The Bertz CT molecular complexity index is 957. The molecule has 2 aromatic carbocycles. The molecule has 0 bridgehead atoms. The lowest BCUT2D eigenvalue weighted by Crippen LogP contribution is -2.30. The maximum atomic E-state index is 12.5. The van der Waals surface area contributed by atoms with E-state index in [1.165, 1.54) is 0 Å². The Hall–Kier alpha value is -3.35. The van der Waals surface area contributed by atoms with Gasteiger partial charge in [0, 0.05) is 18.5 Å². The lowest BCUT2D eigenvalue weighted by Gasteiger charge is -2.25. The van der Waals surface area contributed by atoms with E-state index in [1.54, 1.807) is 23.1 Å². The van der Waals surface area contributed by atoms with Crippen LogP contribution in [0.3, 0.4) is 0 Å². The number of hydrogen-bond donors (Lipinski definition) is 0. The summed E-state index contributed by atoms with van der Waals surface area (Å²) in [5.74, 6) is -0.434. The van der Waals surface area contributed by atoms with Crippen molar-refractivity contribution in [3.05, 3.63) is 59.7 Å². The molecule has 7 heteroatoms. The Morgan fingerprint density at radius 3 is 2.60 bits per heavy atom. The summed E-state index contributed by atoms with van der Waals surface area (Å²) >= 11 is 0. The predicted molar refractivity (Wildman–Crippen MR) is 107 cm³/mol. The van der Waals surface area contributed by atoms with Crippen molar-refractivity contribution in [2.24, 2.45) is 5.92 Å². The molecule has 30 heavy (non-hydrogen) atoms. The first kappa shape index (κ1) is 19.9. The molecule has 2 aliphatic rings. The van der Waals surface area contributed by atoms with Crippen LogP contribution in [0.25, 0.3) is 0 Å². The first-order valence-electron chi connectivity index (χ1n) is 9.97. The topological polar surface area (TPSA) is 82.1 Å². The Morgan fingerprint density at radius 2 is 1.83 bits per heavy atom. The summed E-state index contributed by atoms with van der Waals surface area (Å²) in [6, 6.07) is 14.4. The van der Waals surface area contributed by atoms with Gasteiger partial charge in [0.2, 0.25) is 5.91 Å². The van der Waals surface area contributed by atoms with E-state index in [-0.39, 0.29) is 37.3 Å². The van der Waals surface area contributed by atoms with Gasteiger partial charge in [0.15, 0.2) is 23.9 Å². The molecule has 7 nitrogen and oxygen atoms in total. The highest BCUT2D eigenvalue weighted by Crippen LogP contribution is 2.31. The summed E-state index contributed by atoms with van der Waals surface area (Å²) in [6.07, 6.45) is 0.0915. The maximum absolute atomic E-state index is 12.5. The van der Waals surface area contributed by atoms with Crippen molar-refractivity contribution in [1.82, 2.24) is 4.90 Å². The van der Waals surface area contributed by atoms with Crippen LogP contribution in [0.5, 0.6) is 11.5 Å². The Labute approximate surface area is 174 Å². The number of fused-ring (bicyclic) bond motifs is 1. The first-order valence-corrected chi connectivity index (χ1v) is 9.97. The van der Waals surface area contributed by atoms with Gasteiger partial charge in [0.05, 0.1) is 12.0 Å². The Kier molecular flexibility index (Phi) is 5.70. The van der Waals surface area contributed by atoms with Gasteiger partial charge in [-0.25, -0.2) is 0 Å². The molecular weight excluding hydrogens is 386 g/mol. The number of benzene rings is 2. The zero-order valence-corrected chi connectivity index (χ0v) is 16.7. The number of ether oxygens (including phenoxy) is 3. The van der Waals surface area contributed by atoms with Crippen molar-refractivity contribution in [3.63, 3.8) is 0 Å². The van der Waals surface area contributed by atoms with E-state index in [4.69, 9.17) is 14.2 Å². The average molecular weight is 409 g/mol. The van der Waals surface area contributed by atoms with Crippen molar-refractivity contribution >= 4 is 17.7 Å². The Morgan fingerprint density at radius 1 is 1.10 bits per heavy atom. The zero-order valence-electron chi connectivity index (χ0n) is 16.7. The standard InChI is InChI=1S/C23H23NO6/c1-15(16-5-3-2-4-6-16)24-13-18(12-22(24)26)23(27)30-14-19(25)17-7-8-20-21(11-17)29-10-9-28-20/h2-8,11,15,18H,9-10,12-14H2,1H3/t15-,18-/m0/s1. The van der Waals surface area contributed by atoms with Crippen LogP contribution in [0.4, 0.5) is 0 Å². The summed E-state index contributed by atoms with van der Waals surface area (Å²) in [5.41, 5.74) is 1.39. The fourth-order valence-electron chi connectivity index (χ4n) is 3.73. The number of carbonyl (C=O) groups excluding carboxylic acids is 3. The molecule has 2 aromatic rings. The van der Waals surface area contributed by atoms with Gasteiger partial charge in [-0.3, -0.25) is 14.4 Å². The molecule has 0 saturated carbocycles. The van der Waals surface area contributed by atoms with Crippen LogP contribution in [-0.2, 0) is 14.3 Å². The SMILES string of the molecule is C[C@@H](c1ccccc1)N1C[C@@H](C(=O)OCC(=O)c2ccc3c(c2)OCCO3)CC1=O. The third-order valence-corrected chi connectivity index (χ3v) is 5.45. The van der Waals surface area contributed by atoms with E-state index < -0.39 is 11.9 Å². The van der Waals surface area contributed by atoms with Gasteiger partial charge in [-0.1, -0.05) is 30.3 Å². The van der Waals surface area contributed by atoms with Crippen LogP contribution in [0, 0.1) is 5.92 Å². The fourth-order valence-corrected chi connectivity index (χ4v) is 3.73. The van der Waals surface area contributed by atoms with E-state index in [0.29, 0.717) is 30.3 Å². The molecule has 1 fully saturated rings. The highest BCUT2D eigenvalue weighted by molar-refractivity contribution is 5.99. The van der Waals surface area contributed by atoms with Crippen molar-refractivity contribution in [1.29, 1.82) is 0 Å². The van der Waals surface area contributed by atoms with Crippen LogP contribution in [0.15, 0.2) is 48.5 Å². The maximum Gasteiger partial charge on any atom is 0.311 e. The molecule has 1 saturated heterocycles. The third-order valence-electron chi connectivity index (χ3n) is 5.45. The molecule has 2 aliphatic heterocycles. The summed E-state index contributed by atoms with van der Waals surface area (Å²) in [7, 11) is 0. The average Bonchev–Trinajstić information content (AvgIpc) is 3.18. The predicted octanol–water partition coefficient (Wildman–Crippen LogP) is 2.79. The van der Waals surface area contributed by atoms with Gasteiger partial charge in [-0.05, 0) is 30.7 Å². The van der Waals surface area contributed by atoms with Crippen LogP contribution in [0.1, 0.15) is 35.3 Å². The van der Waals surface area contributed by atoms with E-state index in [1.807, 2.05) is 37.3 Å². The van der Waals surface area contributed by atoms with Crippen molar-refractivity contribution in [2.75, 3.05) is 26.4 Å². The summed E-state index contributed by atoms with van der Waals surface area (Å²) < 4.78 is 16.1. The normalized spacial score (nSPS) is 18.8. The molecular formula is C23H23NO6. The van der Waals surface area contributed by atoms with E-state index in [2.05, 4.69) is 0 Å². The summed E-state index contributed by atoms with van der Waals surface area (Å²) in [5, 5.41) is 0. The van der Waals surface area contributed by atoms with Gasteiger partial charge in [0.25, 0.3) is 0 Å². The second-order valence-electron chi connectivity index (χ2n) is 7.42. The van der Waals surface area contributed by atoms with Crippen LogP contribution in [0.2, 0.25) is 0 Å². The second kappa shape index (κ2) is 8.57. The molecule has 2 heterocycles. The lowest BCUT2D eigenvalue weighted by atomic mass is 10.1. The zero-order chi connectivity index (χ0) is 21.1. The molecule has 1 amide bonds. The molecule has 0 unspecified atom stereocenters. The number of nitrogens with zero attached hydrogens (tertiary/aromatic N) is 1. The van der Waals surface area contributed by atoms with Gasteiger partial charge in [0.1, 0.15) is 13.2 Å². The number of hydrogen-bond acceptors (Lipinski definition) is 6. The van der Waals surface area contributed by atoms with Gasteiger partial charge in [-0.15, -0.1) is 0 Å². The van der Waals surface area contributed by atoms with Crippen LogP contribution >= 0.6 is 0 Å². The smallest absolute Gasteiger partial charge is 0.311 e. The van der Waals surface area contributed by atoms with Crippen LogP contribution < -0.4 is 9.47 Å². The number of amides is 1. The fraction of sp³-hybridized carbons (Fsp3) is 0.348. The second-order valence-corrected chi connectivity index (χ2v) is 7.42. The third kappa shape index (κ3) is 4.15. The van der Waals surface area contributed by atoms with Crippen molar-refractivity contribution in [3.8, 4) is 11.5 Å². The van der Waals surface area contributed by atoms with E-state index >= 15 is 0 Å². The van der Waals surface area contributed by atoms with Gasteiger partial charge < -0.3 is 19.1 Å². The molecule has 4 rings (SSSR count). The summed E-state index contributed by atoms with van der Waals surface area (Å²) in [4.78, 5) is 39.0. The lowest BCUT2D eigenvalue weighted by molar-refractivity contribution is -0.147. The van der Waals surface area contributed by atoms with Gasteiger partial charge in [-0.2, -0.15) is 0 Å². The molecule has 0 N–H and O–H groups in total. The number of esters is 1. The molecule has 0 spiro atoms. The number of carbonyl (C=O) groups is 3. The van der Waals surface area contributed by atoms with Crippen molar-refractivity contribution in [2.45, 2.75) is 19.4 Å². The quantitative estimate of drug-likeness (QED) is 0.539. The highest BCUT2D eigenvalue weighted by Gasteiger charge is 2.38. The number of Topliss-reactive ketones (excluding diaryl/α,β-unsaturated/α-hetero) is 1. The van der Waals surface area contributed by atoms with Gasteiger partial charge >= 0.3 is 5.97 Å².